The smallest absolute Gasteiger partial charge is 0.342 e. The highest BCUT2D eigenvalue weighted by Crippen LogP contribution is 2.27. The zero-order valence-corrected chi connectivity index (χ0v) is 24.9. The summed E-state index contributed by atoms with van der Waals surface area (Å²) in [6, 6.07) is 5.80. The molecule has 0 saturated heterocycles. The summed E-state index contributed by atoms with van der Waals surface area (Å²) in [5.74, 6) is 1.09. The van der Waals surface area contributed by atoms with Gasteiger partial charge in [0.25, 0.3) is 0 Å². The van der Waals surface area contributed by atoms with E-state index in [2.05, 4.69) is 26.8 Å². The molecule has 0 saturated carbocycles. The largest absolute Gasteiger partial charge is 0.493 e. The first kappa shape index (κ1) is 33.5. The number of rotatable bonds is 23. The fourth-order valence-corrected chi connectivity index (χ4v) is 4.61. The van der Waals surface area contributed by atoms with Gasteiger partial charge in [-0.2, -0.15) is 0 Å². The zero-order chi connectivity index (χ0) is 27.4. The zero-order valence-electron chi connectivity index (χ0n) is 24.9. The third kappa shape index (κ3) is 16.8. The highest BCUT2D eigenvalue weighted by molar-refractivity contribution is 5.80. The molecule has 214 valence electrons. The molecular formula is C33H58O4. The third-order valence-electron chi connectivity index (χ3n) is 7.25. The summed E-state index contributed by atoms with van der Waals surface area (Å²) >= 11 is 0. The summed E-state index contributed by atoms with van der Waals surface area (Å²) in [7, 11) is 0. The van der Waals surface area contributed by atoms with Gasteiger partial charge in [0.05, 0.1) is 6.61 Å². The van der Waals surface area contributed by atoms with Crippen LogP contribution < -0.4 is 9.47 Å². The van der Waals surface area contributed by atoms with E-state index in [1.54, 1.807) is 6.07 Å². The Bertz CT molecular complexity index is 707. The Morgan fingerprint density at radius 1 is 0.757 bits per heavy atom. The summed E-state index contributed by atoms with van der Waals surface area (Å²) in [6.45, 7) is 10.3. The molecule has 0 spiro atoms. The molecule has 0 amide bonds. The van der Waals surface area contributed by atoms with Crippen LogP contribution in [0, 0.1) is 5.92 Å². The van der Waals surface area contributed by atoms with Crippen LogP contribution in [0.25, 0.3) is 0 Å². The molecule has 1 unspecified atom stereocenters. The molecule has 0 aliphatic carbocycles. The topological polar surface area (TPSA) is 55.8 Å². The Morgan fingerprint density at radius 2 is 1.27 bits per heavy atom. The van der Waals surface area contributed by atoms with Gasteiger partial charge in [0.15, 0.2) is 5.60 Å². The fraction of sp³-hybridized carbons (Fsp3) is 0.788. The standard InChI is InChI=1S/C33H58O4/c1-6-9-11-12-13-14-15-16-17-18-19-20-21-23-29-24-30(36-27-28(8-3)22-10-7-2)26-31(25-29)37-32(34)33(4,5)35/h24-26,28,35H,6-23,27H2,1-5H3. The molecule has 0 aliphatic rings. The van der Waals surface area contributed by atoms with E-state index in [4.69, 9.17) is 9.47 Å². The molecule has 1 aromatic carbocycles. The fourth-order valence-electron chi connectivity index (χ4n) is 4.61. The highest BCUT2D eigenvalue weighted by Gasteiger charge is 2.26. The van der Waals surface area contributed by atoms with Crippen molar-refractivity contribution in [1.29, 1.82) is 0 Å². The second kappa shape index (κ2) is 20.4. The van der Waals surface area contributed by atoms with Crippen LogP contribution >= 0.6 is 0 Å². The van der Waals surface area contributed by atoms with Crippen LogP contribution in [0.5, 0.6) is 11.5 Å². The molecule has 0 aromatic heterocycles. The van der Waals surface area contributed by atoms with Crippen molar-refractivity contribution in [3.05, 3.63) is 23.8 Å². The lowest BCUT2D eigenvalue weighted by Gasteiger charge is -2.18. The number of aryl methyl sites for hydroxylation is 1. The van der Waals surface area contributed by atoms with Gasteiger partial charge >= 0.3 is 5.97 Å². The first-order valence-corrected chi connectivity index (χ1v) is 15.5. The number of carbonyl (C=O) groups is 1. The van der Waals surface area contributed by atoms with Gasteiger partial charge in [-0.1, -0.05) is 117 Å². The quantitative estimate of drug-likeness (QED) is 0.0890. The number of benzene rings is 1. The predicted molar refractivity (Wildman–Crippen MR) is 157 cm³/mol. The minimum atomic E-state index is -1.53. The maximum atomic E-state index is 12.3. The van der Waals surface area contributed by atoms with Crippen molar-refractivity contribution in [1.82, 2.24) is 0 Å². The summed E-state index contributed by atoms with van der Waals surface area (Å²) in [6.07, 6.45) is 23.0. The molecule has 1 aromatic rings. The van der Waals surface area contributed by atoms with E-state index < -0.39 is 11.6 Å². The number of unbranched alkanes of at least 4 members (excludes halogenated alkanes) is 13. The molecule has 1 rings (SSSR count). The maximum absolute atomic E-state index is 12.3. The maximum Gasteiger partial charge on any atom is 0.342 e. The predicted octanol–water partition coefficient (Wildman–Crippen LogP) is 9.59. The second-order valence-electron chi connectivity index (χ2n) is 11.5. The van der Waals surface area contributed by atoms with Crippen molar-refractivity contribution in [2.24, 2.45) is 5.92 Å². The van der Waals surface area contributed by atoms with Crippen molar-refractivity contribution in [2.75, 3.05) is 6.61 Å². The first-order chi connectivity index (χ1) is 17.8. The van der Waals surface area contributed by atoms with E-state index in [-0.39, 0.29) is 0 Å². The minimum Gasteiger partial charge on any atom is -0.493 e. The Labute approximate surface area is 228 Å². The molecule has 4 nitrogen and oxygen atoms in total. The van der Waals surface area contributed by atoms with Gasteiger partial charge in [-0.05, 0) is 56.7 Å². The number of esters is 1. The van der Waals surface area contributed by atoms with Gasteiger partial charge in [-0.3, -0.25) is 0 Å². The molecular weight excluding hydrogens is 460 g/mol. The molecule has 1 atom stereocenters. The molecule has 37 heavy (non-hydrogen) atoms. The highest BCUT2D eigenvalue weighted by atomic mass is 16.6. The number of carbonyl (C=O) groups excluding carboxylic acids is 1. The number of hydrogen-bond donors (Lipinski definition) is 1. The number of ether oxygens (including phenoxy) is 2. The average Bonchev–Trinajstić information content (AvgIpc) is 2.86. The van der Waals surface area contributed by atoms with Crippen LogP contribution in [0.3, 0.4) is 0 Å². The summed E-state index contributed by atoms with van der Waals surface area (Å²) in [5.41, 5.74) is -0.403. The molecule has 0 radical (unpaired) electrons. The van der Waals surface area contributed by atoms with Crippen molar-refractivity contribution in [2.45, 2.75) is 156 Å². The van der Waals surface area contributed by atoms with Crippen LogP contribution in [0.1, 0.15) is 149 Å². The molecule has 1 N–H and O–H groups in total. The van der Waals surface area contributed by atoms with Crippen LogP contribution in [-0.2, 0) is 11.2 Å². The first-order valence-electron chi connectivity index (χ1n) is 15.5. The van der Waals surface area contributed by atoms with E-state index in [0.717, 1.165) is 30.6 Å². The lowest BCUT2D eigenvalue weighted by molar-refractivity contribution is -0.151. The van der Waals surface area contributed by atoms with Crippen LogP contribution in [0.15, 0.2) is 18.2 Å². The Balaban J connectivity index is 2.48. The SMILES string of the molecule is CCCCCCCCCCCCCCCc1cc(OCC(CC)CCCC)cc(OC(=O)C(C)(C)O)c1. The summed E-state index contributed by atoms with van der Waals surface area (Å²) < 4.78 is 11.7. The van der Waals surface area contributed by atoms with E-state index in [0.29, 0.717) is 18.3 Å². The van der Waals surface area contributed by atoms with Gasteiger partial charge in [0.1, 0.15) is 11.5 Å². The third-order valence-corrected chi connectivity index (χ3v) is 7.25. The van der Waals surface area contributed by atoms with Gasteiger partial charge in [0.2, 0.25) is 0 Å². The van der Waals surface area contributed by atoms with Crippen LogP contribution in [0.4, 0.5) is 0 Å². The summed E-state index contributed by atoms with van der Waals surface area (Å²) in [4.78, 5) is 12.3. The number of aliphatic hydroxyl groups is 1. The van der Waals surface area contributed by atoms with Gasteiger partial charge in [-0.25, -0.2) is 4.79 Å². The van der Waals surface area contributed by atoms with Crippen molar-refractivity contribution in [3.63, 3.8) is 0 Å². The molecule has 0 bridgehead atoms. The van der Waals surface area contributed by atoms with Crippen molar-refractivity contribution < 1.29 is 19.4 Å². The van der Waals surface area contributed by atoms with E-state index >= 15 is 0 Å². The lowest BCUT2D eigenvalue weighted by Crippen LogP contribution is -2.35. The molecule has 0 heterocycles. The van der Waals surface area contributed by atoms with Gasteiger partial charge in [0, 0.05) is 6.07 Å². The number of hydrogen-bond acceptors (Lipinski definition) is 4. The molecule has 0 aliphatic heterocycles. The molecule has 4 heteroatoms. The van der Waals surface area contributed by atoms with Crippen LogP contribution in [-0.4, -0.2) is 23.3 Å². The van der Waals surface area contributed by atoms with E-state index in [9.17, 15) is 9.90 Å². The Morgan fingerprint density at radius 3 is 1.78 bits per heavy atom. The monoisotopic (exact) mass is 518 g/mol. The van der Waals surface area contributed by atoms with Crippen molar-refractivity contribution >= 4 is 5.97 Å². The van der Waals surface area contributed by atoms with Gasteiger partial charge < -0.3 is 14.6 Å². The van der Waals surface area contributed by atoms with Crippen LogP contribution in [0.2, 0.25) is 0 Å². The van der Waals surface area contributed by atoms with E-state index in [1.807, 2.05) is 6.07 Å². The summed E-state index contributed by atoms with van der Waals surface area (Å²) in [5, 5.41) is 10.0. The van der Waals surface area contributed by atoms with Gasteiger partial charge in [-0.15, -0.1) is 0 Å². The van der Waals surface area contributed by atoms with E-state index in [1.165, 1.54) is 110 Å². The average molecular weight is 519 g/mol. The Kier molecular flexibility index (Phi) is 18.5. The minimum absolute atomic E-state index is 0.455. The molecule has 0 fully saturated rings. The Hall–Kier alpha value is -1.55. The lowest BCUT2D eigenvalue weighted by atomic mass is 10.0. The van der Waals surface area contributed by atoms with Crippen molar-refractivity contribution in [3.8, 4) is 11.5 Å². The second-order valence-corrected chi connectivity index (χ2v) is 11.5. The normalized spacial score (nSPS) is 12.5.